The molecule has 1 atom stereocenters. The van der Waals surface area contributed by atoms with Crippen molar-refractivity contribution < 1.29 is 22.4 Å². The van der Waals surface area contributed by atoms with Crippen molar-refractivity contribution in [2.24, 2.45) is 5.92 Å². The highest BCUT2D eigenvalue weighted by atomic mass is 19.4. The highest BCUT2D eigenvalue weighted by molar-refractivity contribution is 5.97. The van der Waals surface area contributed by atoms with E-state index >= 15 is 0 Å². The standard InChI is InChI=1S/C20H18F4N2O/c1-19(12-20(22,23)24,9-3-4-13-7-8-13)26-18(27)15-10-14-5-2-6-16(21)17(14)25-11-15/h2,5-6,10-11,13H,7-9,12H2,1H3,(H,26,27). The number of rotatable bonds is 4. The largest absolute Gasteiger partial charge is 0.391 e. The van der Waals surface area contributed by atoms with Gasteiger partial charge in [0, 0.05) is 23.9 Å². The van der Waals surface area contributed by atoms with E-state index in [4.69, 9.17) is 0 Å². The first-order chi connectivity index (χ1) is 12.7. The fraction of sp³-hybridized carbons (Fsp3) is 0.400. The molecule has 27 heavy (non-hydrogen) atoms. The molecule has 1 aromatic carbocycles. The lowest BCUT2D eigenvalue weighted by Gasteiger charge is -2.30. The Morgan fingerprint density at radius 1 is 1.33 bits per heavy atom. The zero-order chi connectivity index (χ0) is 19.7. The average Bonchev–Trinajstić information content (AvgIpc) is 3.37. The number of carbonyl (C=O) groups excluding carboxylic acids is 1. The van der Waals surface area contributed by atoms with Crippen LogP contribution in [0.1, 0.15) is 43.0 Å². The van der Waals surface area contributed by atoms with E-state index in [-0.39, 0.29) is 23.4 Å². The van der Waals surface area contributed by atoms with Crippen LogP contribution in [-0.4, -0.2) is 22.6 Å². The number of amides is 1. The molecule has 1 unspecified atom stereocenters. The second-order valence-electron chi connectivity index (χ2n) is 7.11. The number of carbonyl (C=O) groups is 1. The van der Waals surface area contributed by atoms with Gasteiger partial charge in [0.25, 0.3) is 5.91 Å². The van der Waals surface area contributed by atoms with Crippen LogP contribution >= 0.6 is 0 Å². The van der Waals surface area contributed by atoms with Gasteiger partial charge in [-0.05, 0) is 31.9 Å². The maximum atomic E-state index is 13.7. The van der Waals surface area contributed by atoms with Gasteiger partial charge in [-0.3, -0.25) is 9.78 Å². The minimum absolute atomic E-state index is 0.0663. The molecule has 1 heterocycles. The average molecular weight is 378 g/mol. The summed E-state index contributed by atoms with van der Waals surface area (Å²) in [7, 11) is 0. The molecular formula is C20H18F4N2O. The van der Waals surface area contributed by atoms with Crippen molar-refractivity contribution in [3.8, 4) is 11.8 Å². The van der Waals surface area contributed by atoms with Crippen LogP contribution in [0, 0.1) is 23.6 Å². The third-order valence-corrected chi connectivity index (χ3v) is 4.29. The van der Waals surface area contributed by atoms with Gasteiger partial charge < -0.3 is 5.32 Å². The molecule has 1 amide bonds. The van der Waals surface area contributed by atoms with Crippen molar-refractivity contribution in [2.75, 3.05) is 0 Å². The molecule has 0 aliphatic heterocycles. The molecule has 1 N–H and O–H groups in total. The van der Waals surface area contributed by atoms with Gasteiger partial charge >= 0.3 is 6.18 Å². The van der Waals surface area contributed by atoms with E-state index in [9.17, 15) is 22.4 Å². The summed E-state index contributed by atoms with van der Waals surface area (Å²) in [6.45, 7) is 1.33. The molecule has 7 heteroatoms. The van der Waals surface area contributed by atoms with Gasteiger partial charge in [-0.2, -0.15) is 13.2 Å². The Kier molecular flexibility index (Phi) is 5.09. The van der Waals surface area contributed by atoms with Gasteiger partial charge in [-0.1, -0.05) is 18.1 Å². The summed E-state index contributed by atoms with van der Waals surface area (Å²) in [4.78, 5) is 16.4. The van der Waals surface area contributed by atoms with Crippen molar-refractivity contribution in [1.29, 1.82) is 0 Å². The fourth-order valence-electron chi connectivity index (χ4n) is 2.81. The predicted octanol–water partition coefficient (Wildman–Crippen LogP) is 4.62. The number of halogens is 4. The Morgan fingerprint density at radius 3 is 2.74 bits per heavy atom. The molecule has 0 radical (unpaired) electrons. The number of para-hydroxylation sites is 1. The molecular weight excluding hydrogens is 360 g/mol. The van der Waals surface area contributed by atoms with Gasteiger partial charge in [0.15, 0.2) is 0 Å². The number of hydrogen-bond acceptors (Lipinski definition) is 2. The Morgan fingerprint density at radius 2 is 2.07 bits per heavy atom. The Bertz CT molecular complexity index is 925. The summed E-state index contributed by atoms with van der Waals surface area (Å²) >= 11 is 0. The summed E-state index contributed by atoms with van der Waals surface area (Å²) in [5, 5.41) is 2.84. The lowest BCUT2D eigenvalue weighted by atomic mass is 9.92. The van der Waals surface area contributed by atoms with Gasteiger partial charge in [0.1, 0.15) is 11.3 Å². The van der Waals surface area contributed by atoms with E-state index in [1.54, 1.807) is 6.07 Å². The Labute approximate surface area is 154 Å². The number of nitrogens with one attached hydrogen (secondary N) is 1. The molecule has 3 nitrogen and oxygen atoms in total. The van der Waals surface area contributed by atoms with Crippen LogP contribution in [-0.2, 0) is 0 Å². The zero-order valence-electron chi connectivity index (χ0n) is 14.7. The summed E-state index contributed by atoms with van der Waals surface area (Å²) in [6, 6.07) is 5.71. The Hall–Kier alpha value is -2.62. The first-order valence-corrected chi connectivity index (χ1v) is 8.57. The molecule has 142 valence electrons. The number of benzene rings is 1. The molecule has 3 rings (SSSR count). The van der Waals surface area contributed by atoms with E-state index in [1.165, 1.54) is 25.1 Å². The summed E-state index contributed by atoms with van der Waals surface area (Å²) in [5.74, 6) is 4.72. The van der Waals surface area contributed by atoms with Gasteiger partial charge in [-0.25, -0.2) is 4.39 Å². The molecule has 1 aliphatic carbocycles. The highest BCUT2D eigenvalue weighted by Gasteiger charge is 2.40. The normalized spacial score (nSPS) is 16.3. The fourth-order valence-corrected chi connectivity index (χ4v) is 2.81. The number of fused-ring (bicyclic) bond motifs is 1. The summed E-state index contributed by atoms with van der Waals surface area (Å²) < 4.78 is 52.7. The van der Waals surface area contributed by atoms with Crippen molar-refractivity contribution in [3.63, 3.8) is 0 Å². The van der Waals surface area contributed by atoms with E-state index in [0.29, 0.717) is 5.39 Å². The third-order valence-electron chi connectivity index (χ3n) is 4.29. The minimum Gasteiger partial charge on any atom is -0.346 e. The number of alkyl halides is 3. The maximum Gasteiger partial charge on any atom is 0.391 e. The molecule has 0 saturated heterocycles. The predicted molar refractivity (Wildman–Crippen MR) is 93.4 cm³/mol. The quantitative estimate of drug-likeness (QED) is 0.623. The van der Waals surface area contributed by atoms with Gasteiger partial charge in [0.2, 0.25) is 0 Å². The molecule has 1 aliphatic rings. The van der Waals surface area contributed by atoms with E-state index in [2.05, 4.69) is 22.1 Å². The highest BCUT2D eigenvalue weighted by Crippen LogP contribution is 2.31. The second-order valence-corrected chi connectivity index (χ2v) is 7.11. The van der Waals surface area contributed by atoms with Crippen LogP contribution in [0.3, 0.4) is 0 Å². The number of nitrogens with zero attached hydrogens (tertiary/aromatic N) is 1. The van der Waals surface area contributed by atoms with Crippen LogP contribution in [0.2, 0.25) is 0 Å². The summed E-state index contributed by atoms with van der Waals surface area (Å²) in [5.41, 5.74) is -1.40. The smallest absolute Gasteiger partial charge is 0.346 e. The zero-order valence-corrected chi connectivity index (χ0v) is 14.7. The first-order valence-electron chi connectivity index (χ1n) is 8.57. The Balaban J connectivity index is 1.81. The number of pyridine rings is 1. The van der Waals surface area contributed by atoms with E-state index in [1.807, 2.05) is 0 Å². The SMILES string of the molecule is CC(CC#CC1CC1)(CC(F)(F)F)NC(=O)c1cnc2c(F)cccc2c1. The molecule has 0 bridgehead atoms. The van der Waals surface area contributed by atoms with Crippen LogP contribution in [0.15, 0.2) is 30.5 Å². The lowest BCUT2D eigenvalue weighted by Crippen LogP contribution is -2.48. The van der Waals surface area contributed by atoms with Crippen LogP contribution in [0.5, 0.6) is 0 Å². The topological polar surface area (TPSA) is 42.0 Å². The van der Waals surface area contributed by atoms with Crippen LogP contribution < -0.4 is 5.32 Å². The number of aromatic nitrogens is 1. The monoisotopic (exact) mass is 378 g/mol. The molecule has 1 saturated carbocycles. The third kappa shape index (κ3) is 5.19. The molecule has 0 spiro atoms. The van der Waals surface area contributed by atoms with E-state index in [0.717, 1.165) is 19.0 Å². The molecule has 1 aromatic heterocycles. The molecule has 2 aromatic rings. The van der Waals surface area contributed by atoms with E-state index < -0.39 is 29.9 Å². The molecule has 1 fully saturated rings. The van der Waals surface area contributed by atoms with Crippen molar-refractivity contribution in [2.45, 2.75) is 44.3 Å². The second kappa shape index (κ2) is 7.18. The maximum absolute atomic E-state index is 13.7. The first kappa shape index (κ1) is 19.2. The van der Waals surface area contributed by atoms with Crippen LogP contribution in [0.25, 0.3) is 10.9 Å². The van der Waals surface area contributed by atoms with Gasteiger partial charge in [-0.15, -0.1) is 5.92 Å². The van der Waals surface area contributed by atoms with Crippen molar-refractivity contribution >= 4 is 16.8 Å². The lowest BCUT2D eigenvalue weighted by molar-refractivity contribution is -0.147. The minimum atomic E-state index is -4.45. The van der Waals surface area contributed by atoms with Crippen molar-refractivity contribution in [1.82, 2.24) is 10.3 Å². The van der Waals surface area contributed by atoms with Gasteiger partial charge in [0.05, 0.1) is 17.5 Å². The number of hydrogen-bond donors (Lipinski definition) is 1. The van der Waals surface area contributed by atoms with Crippen molar-refractivity contribution in [3.05, 3.63) is 41.8 Å². The van der Waals surface area contributed by atoms with Crippen LogP contribution in [0.4, 0.5) is 17.6 Å². The summed E-state index contributed by atoms with van der Waals surface area (Å²) in [6.07, 6.45) is -2.66.